The molecule has 0 unspecified atom stereocenters. The number of rotatable bonds is 5. The summed E-state index contributed by atoms with van der Waals surface area (Å²) in [5.74, 6) is 0.588. The number of aromatic nitrogens is 1. The second-order valence-electron chi connectivity index (χ2n) is 7.27. The number of hydrogen-bond acceptors (Lipinski definition) is 8. The molecule has 1 N–H and O–H groups in total. The number of amides is 1. The number of nitrogens with zero attached hydrogens (tertiary/aromatic N) is 4. The SMILES string of the molecule is Cc1ccc(NC(=O)C2CCN(c3oc(-c4ccco4)nc3C#N)CC2)cc1[N+](=O)[O-]. The molecule has 10 nitrogen and oxygen atoms in total. The number of anilines is 2. The van der Waals surface area contributed by atoms with Crippen LogP contribution in [-0.4, -0.2) is 28.9 Å². The van der Waals surface area contributed by atoms with E-state index in [4.69, 9.17) is 8.83 Å². The Labute approximate surface area is 177 Å². The van der Waals surface area contributed by atoms with Crippen molar-refractivity contribution in [1.29, 1.82) is 5.26 Å². The van der Waals surface area contributed by atoms with E-state index in [2.05, 4.69) is 10.3 Å². The quantitative estimate of drug-likeness (QED) is 0.484. The molecular weight excluding hydrogens is 402 g/mol. The molecule has 1 aromatic carbocycles. The third-order valence-electron chi connectivity index (χ3n) is 5.27. The highest BCUT2D eigenvalue weighted by Gasteiger charge is 2.29. The molecule has 10 heteroatoms. The molecule has 0 aliphatic carbocycles. The second kappa shape index (κ2) is 8.31. The second-order valence-corrected chi connectivity index (χ2v) is 7.27. The van der Waals surface area contributed by atoms with E-state index in [1.807, 2.05) is 11.0 Å². The third-order valence-corrected chi connectivity index (χ3v) is 5.27. The van der Waals surface area contributed by atoms with Crippen molar-refractivity contribution in [2.75, 3.05) is 23.3 Å². The van der Waals surface area contributed by atoms with Crippen molar-refractivity contribution in [2.45, 2.75) is 19.8 Å². The lowest BCUT2D eigenvalue weighted by molar-refractivity contribution is -0.385. The van der Waals surface area contributed by atoms with Crippen LogP contribution in [-0.2, 0) is 4.79 Å². The first-order valence-electron chi connectivity index (χ1n) is 9.72. The zero-order chi connectivity index (χ0) is 22.0. The number of nitrogens with one attached hydrogen (secondary N) is 1. The molecule has 1 aliphatic heterocycles. The monoisotopic (exact) mass is 421 g/mol. The number of aryl methyl sites for hydroxylation is 1. The Bertz CT molecular complexity index is 1150. The fraction of sp³-hybridized carbons (Fsp3) is 0.286. The van der Waals surface area contributed by atoms with Gasteiger partial charge < -0.3 is 19.1 Å². The number of furan rings is 1. The molecule has 1 amide bonds. The number of carbonyl (C=O) groups is 1. The van der Waals surface area contributed by atoms with Crippen molar-refractivity contribution < 1.29 is 18.6 Å². The molecule has 0 atom stereocenters. The van der Waals surface area contributed by atoms with Crippen LogP contribution in [0.15, 0.2) is 45.4 Å². The van der Waals surface area contributed by atoms with E-state index in [9.17, 15) is 20.2 Å². The van der Waals surface area contributed by atoms with Gasteiger partial charge in [0.1, 0.15) is 6.07 Å². The van der Waals surface area contributed by atoms with E-state index < -0.39 is 4.92 Å². The normalized spacial score (nSPS) is 14.3. The van der Waals surface area contributed by atoms with Gasteiger partial charge in [-0.15, -0.1) is 0 Å². The van der Waals surface area contributed by atoms with Gasteiger partial charge in [-0.1, -0.05) is 6.07 Å². The Morgan fingerprint density at radius 1 is 1.35 bits per heavy atom. The van der Waals surface area contributed by atoms with E-state index in [0.29, 0.717) is 48.8 Å². The topological polar surface area (TPSA) is 138 Å². The Morgan fingerprint density at radius 3 is 2.77 bits per heavy atom. The molecule has 3 heterocycles. The van der Waals surface area contributed by atoms with Gasteiger partial charge in [0.25, 0.3) is 11.6 Å². The van der Waals surface area contributed by atoms with Crippen LogP contribution < -0.4 is 10.2 Å². The van der Waals surface area contributed by atoms with E-state index in [0.717, 1.165) is 0 Å². The summed E-state index contributed by atoms with van der Waals surface area (Å²) in [6.45, 7) is 2.66. The fourth-order valence-electron chi connectivity index (χ4n) is 3.58. The molecule has 0 saturated carbocycles. The summed E-state index contributed by atoms with van der Waals surface area (Å²) >= 11 is 0. The van der Waals surface area contributed by atoms with Gasteiger partial charge in [0, 0.05) is 36.3 Å². The molecular formula is C21H19N5O5. The van der Waals surface area contributed by atoms with Crippen LogP contribution in [0.2, 0.25) is 0 Å². The molecule has 2 aromatic heterocycles. The Balaban J connectivity index is 1.41. The number of piperidine rings is 1. The predicted molar refractivity (Wildman–Crippen MR) is 110 cm³/mol. The number of carbonyl (C=O) groups excluding carboxylic acids is 1. The first-order chi connectivity index (χ1) is 15.0. The first-order valence-corrected chi connectivity index (χ1v) is 9.72. The van der Waals surface area contributed by atoms with Gasteiger partial charge in [0.2, 0.25) is 17.5 Å². The Kier molecular flexibility index (Phi) is 5.41. The molecule has 4 rings (SSSR count). The Morgan fingerprint density at radius 2 is 2.13 bits per heavy atom. The summed E-state index contributed by atoms with van der Waals surface area (Å²) in [7, 11) is 0. The lowest BCUT2D eigenvalue weighted by atomic mass is 9.95. The molecule has 0 spiro atoms. The van der Waals surface area contributed by atoms with Crippen LogP contribution in [0.4, 0.5) is 17.3 Å². The van der Waals surface area contributed by atoms with Crippen molar-refractivity contribution in [3.8, 4) is 17.7 Å². The van der Waals surface area contributed by atoms with E-state index in [-0.39, 0.29) is 29.1 Å². The summed E-state index contributed by atoms with van der Waals surface area (Å²) in [5.41, 5.74) is 1.07. The van der Waals surface area contributed by atoms with Gasteiger partial charge in [-0.05, 0) is 38.0 Å². The lowest BCUT2D eigenvalue weighted by Gasteiger charge is -2.30. The molecule has 31 heavy (non-hydrogen) atoms. The third kappa shape index (κ3) is 4.11. The molecule has 3 aromatic rings. The molecule has 158 valence electrons. The highest BCUT2D eigenvalue weighted by molar-refractivity contribution is 5.93. The summed E-state index contributed by atoms with van der Waals surface area (Å²) in [6.07, 6.45) is 2.58. The molecule has 0 radical (unpaired) electrons. The average Bonchev–Trinajstić information content (AvgIpc) is 3.44. The van der Waals surface area contributed by atoms with Crippen LogP contribution in [0.5, 0.6) is 0 Å². The van der Waals surface area contributed by atoms with Crippen LogP contribution in [0.25, 0.3) is 11.7 Å². The molecule has 1 aliphatic rings. The van der Waals surface area contributed by atoms with Crippen molar-refractivity contribution in [1.82, 2.24) is 4.98 Å². The average molecular weight is 421 g/mol. The minimum Gasteiger partial charge on any atom is -0.459 e. The zero-order valence-corrected chi connectivity index (χ0v) is 16.7. The van der Waals surface area contributed by atoms with Crippen LogP contribution in [0.3, 0.4) is 0 Å². The van der Waals surface area contributed by atoms with Gasteiger partial charge >= 0.3 is 0 Å². The van der Waals surface area contributed by atoms with Crippen molar-refractivity contribution in [2.24, 2.45) is 5.92 Å². The molecule has 0 bridgehead atoms. The standard InChI is InChI=1S/C21H19N5O5/c1-13-4-5-15(11-17(13)26(28)29)23-19(27)14-6-8-25(9-7-14)21-16(12-22)24-20(31-21)18-3-2-10-30-18/h2-5,10-11,14H,6-9H2,1H3,(H,23,27). The summed E-state index contributed by atoms with van der Waals surface area (Å²) in [4.78, 5) is 29.4. The van der Waals surface area contributed by atoms with Crippen LogP contribution in [0, 0.1) is 34.3 Å². The van der Waals surface area contributed by atoms with Crippen LogP contribution >= 0.6 is 0 Å². The van der Waals surface area contributed by atoms with Gasteiger partial charge in [0.05, 0.1) is 11.2 Å². The maximum Gasteiger partial charge on any atom is 0.274 e. The van der Waals surface area contributed by atoms with E-state index in [1.54, 1.807) is 31.2 Å². The predicted octanol–water partition coefficient (Wildman–Crippen LogP) is 3.88. The number of hydrogen-bond donors (Lipinski definition) is 1. The minimum absolute atomic E-state index is 0.0330. The van der Waals surface area contributed by atoms with Crippen molar-refractivity contribution >= 4 is 23.2 Å². The van der Waals surface area contributed by atoms with E-state index in [1.165, 1.54) is 12.3 Å². The summed E-state index contributed by atoms with van der Waals surface area (Å²) in [5, 5.41) is 23.3. The lowest BCUT2D eigenvalue weighted by Crippen LogP contribution is -2.38. The van der Waals surface area contributed by atoms with Crippen molar-refractivity contribution in [3.05, 3.63) is 58.0 Å². The summed E-state index contributed by atoms with van der Waals surface area (Å²) in [6, 6.07) is 10.1. The smallest absolute Gasteiger partial charge is 0.274 e. The van der Waals surface area contributed by atoms with Gasteiger partial charge in [-0.3, -0.25) is 14.9 Å². The maximum atomic E-state index is 12.7. The van der Waals surface area contributed by atoms with Crippen molar-refractivity contribution in [3.63, 3.8) is 0 Å². The number of nitriles is 1. The highest BCUT2D eigenvalue weighted by atomic mass is 16.6. The van der Waals surface area contributed by atoms with E-state index >= 15 is 0 Å². The largest absolute Gasteiger partial charge is 0.459 e. The summed E-state index contributed by atoms with van der Waals surface area (Å²) < 4.78 is 11.0. The number of nitro benzene ring substituents is 1. The van der Waals surface area contributed by atoms with Gasteiger partial charge in [-0.2, -0.15) is 10.2 Å². The molecule has 1 fully saturated rings. The Hall–Kier alpha value is -4.13. The van der Waals surface area contributed by atoms with Crippen LogP contribution in [0.1, 0.15) is 24.1 Å². The number of nitro groups is 1. The zero-order valence-electron chi connectivity index (χ0n) is 16.7. The number of oxazole rings is 1. The fourth-order valence-corrected chi connectivity index (χ4v) is 3.58. The van der Waals surface area contributed by atoms with Gasteiger partial charge in [0.15, 0.2) is 5.76 Å². The van der Waals surface area contributed by atoms with Gasteiger partial charge in [-0.25, -0.2) is 0 Å². The maximum absolute atomic E-state index is 12.7. The minimum atomic E-state index is -0.468. The highest BCUT2D eigenvalue weighted by Crippen LogP contribution is 2.32. The number of benzene rings is 1. The molecule has 1 saturated heterocycles. The first kappa shape index (κ1) is 20.2.